The number of halogens is 2. The Labute approximate surface area is 262 Å². The molecule has 0 spiro atoms. The van der Waals surface area contributed by atoms with Gasteiger partial charge in [-0.2, -0.15) is 9.97 Å². The minimum Gasteiger partial charge on any atom is -0.459 e. The van der Waals surface area contributed by atoms with E-state index in [2.05, 4.69) is 20.3 Å². The number of nitrogens with one attached hydrogen (secondary N) is 1. The van der Waals surface area contributed by atoms with E-state index in [1.54, 1.807) is 35.2 Å². The van der Waals surface area contributed by atoms with Gasteiger partial charge in [0.15, 0.2) is 28.8 Å². The summed E-state index contributed by atoms with van der Waals surface area (Å²) in [6.45, 7) is 0.894. The summed E-state index contributed by atoms with van der Waals surface area (Å²) in [5.41, 5.74) is 2.31. The average Bonchev–Trinajstić information content (AvgIpc) is 3.72. The van der Waals surface area contributed by atoms with Crippen LogP contribution in [0.1, 0.15) is 27.7 Å². The molecule has 4 atom stereocenters. The molecule has 44 heavy (non-hydrogen) atoms. The molecule has 3 aromatic carbocycles. The Morgan fingerprint density at radius 1 is 1.00 bits per heavy atom. The largest absolute Gasteiger partial charge is 0.459 e. The number of hydrogen-bond acceptors (Lipinski definition) is 9. The zero-order chi connectivity index (χ0) is 30.1. The first kappa shape index (κ1) is 28.7. The van der Waals surface area contributed by atoms with Crippen LogP contribution < -0.4 is 5.32 Å². The third-order valence-corrected chi connectivity index (χ3v) is 8.12. The SMILES string of the molecule is O=C(OC[C@]12CO[C@@H]([C@H](n3cnc4c(NCc5cccc(Cl)c5)nc(Cl)nc43)O1)[C@@H]2OCc1ccccc1)c1ccccc1. The number of aromatic nitrogens is 4. The highest BCUT2D eigenvalue weighted by Crippen LogP contribution is 2.48. The number of carbonyl (C=O) groups is 1. The zero-order valence-electron chi connectivity index (χ0n) is 23.3. The van der Waals surface area contributed by atoms with Crippen molar-refractivity contribution in [1.29, 1.82) is 0 Å². The summed E-state index contributed by atoms with van der Waals surface area (Å²) in [6, 6.07) is 26.2. The number of anilines is 1. The van der Waals surface area contributed by atoms with E-state index >= 15 is 0 Å². The summed E-state index contributed by atoms with van der Waals surface area (Å²) < 4.78 is 26.9. The van der Waals surface area contributed by atoms with Gasteiger partial charge in [0.1, 0.15) is 18.8 Å². The highest BCUT2D eigenvalue weighted by Gasteiger charge is 2.64. The topological polar surface area (TPSA) is 110 Å². The number of carbonyl (C=O) groups excluding carboxylic acids is 1. The van der Waals surface area contributed by atoms with Crippen LogP contribution in [-0.2, 0) is 32.1 Å². The molecular weight excluding hydrogens is 605 g/mol. The summed E-state index contributed by atoms with van der Waals surface area (Å²) in [5, 5.41) is 3.97. The number of hydrogen-bond donors (Lipinski definition) is 1. The van der Waals surface area contributed by atoms with E-state index < -0.39 is 30.0 Å². The summed E-state index contributed by atoms with van der Waals surface area (Å²) in [7, 11) is 0. The van der Waals surface area contributed by atoms with Gasteiger partial charge in [-0.25, -0.2) is 9.78 Å². The molecule has 0 amide bonds. The molecule has 2 saturated heterocycles. The lowest BCUT2D eigenvalue weighted by Crippen LogP contribution is -2.46. The Morgan fingerprint density at radius 3 is 2.57 bits per heavy atom. The zero-order valence-corrected chi connectivity index (χ0v) is 24.8. The van der Waals surface area contributed by atoms with E-state index in [1.807, 2.05) is 60.7 Å². The summed E-state index contributed by atoms with van der Waals surface area (Å²) in [4.78, 5) is 26.3. The fraction of sp³-hybridized carbons (Fsp3) is 0.250. The molecule has 2 aliphatic rings. The third kappa shape index (κ3) is 5.62. The van der Waals surface area contributed by atoms with Crippen molar-refractivity contribution < 1.29 is 23.7 Å². The maximum Gasteiger partial charge on any atom is 0.338 e. The first-order valence-corrected chi connectivity index (χ1v) is 14.8. The Balaban J connectivity index is 1.17. The number of benzene rings is 3. The molecule has 2 aromatic heterocycles. The number of ether oxygens (including phenoxy) is 4. The second kappa shape index (κ2) is 12.1. The quantitative estimate of drug-likeness (QED) is 0.150. The van der Waals surface area contributed by atoms with Crippen LogP contribution in [0.5, 0.6) is 0 Å². The molecule has 7 rings (SSSR count). The van der Waals surface area contributed by atoms with Gasteiger partial charge in [-0.05, 0) is 47.0 Å². The van der Waals surface area contributed by atoms with Crippen LogP contribution >= 0.6 is 23.2 Å². The minimum atomic E-state index is -1.06. The van der Waals surface area contributed by atoms with E-state index in [4.69, 9.17) is 42.1 Å². The predicted octanol–water partition coefficient (Wildman–Crippen LogP) is 5.85. The van der Waals surface area contributed by atoms with Gasteiger partial charge in [0, 0.05) is 11.6 Å². The van der Waals surface area contributed by atoms with Gasteiger partial charge in [0.25, 0.3) is 0 Å². The van der Waals surface area contributed by atoms with E-state index in [1.165, 1.54) is 0 Å². The van der Waals surface area contributed by atoms with Crippen LogP contribution in [0.25, 0.3) is 11.2 Å². The van der Waals surface area contributed by atoms with E-state index in [9.17, 15) is 4.79 Å². The minimum absolute atomic E-state index is 0.0419. The molecule has 0 saturated carbocycles. The van der Waals surface area contributed by atoms with Crippen molar-refractivity contribution in [3.63, 3.8) is 0 Å². The lowest BCUT2D eigenvalue weighted by Gasteiger charge is -2.31. The van der Waals surface area contributed by atoms with Crippen molar-refractivity contribution in [1.82, 2.24) is 19.5 Å². The van der Waals surface area contributed by atoms with Crippen LogP contribution in [0.2, 0.25) is 10.3 Å². The molecule has 1 N–H and O–H groups in total. The second-order valence-corrected chi connectivity index (χ2v) is 11.4. The van der Waals surface area contributed by atoms with Crippen LogP contribution in [0.15, 0.2) is 91.3 Å². The van der Waals surface area contributed by atoms with Crippen molar-refractivity contribution in [2.75, 3.05) is 18.5 Å². The molecule has 0 aliphatic carbocycles. The van der Waals surface area contributed by atoms with E-state index in [-0.39, 0.29) is 18.5 Å². The predicted molar refractivity (Wildman–Crippen MR) is 163 cm³/mol. The first-order valence-electron chi connectivity index (χ1n) is 14.0. The molecule has 2 bridgehead atoms. The standard InChI is InChI=1S/C32H27Cl2N5O5/c33-23-13-7-10-21(14-23)15-35-27-24-28(38-31(34)37-27)39(19-36-24)29-25-26(41-16-20-8-3-1-4-9-20)32(44-29,17-42-25)18-43-30(40)22-11-5-2-6-12-22/h1-14,19,25-26,29H,15-18H2,(H,35,37,38)/t25-,26+,29-,32+/m1/s1. The van der Waals surface area contributed by atoms with Gasteiger partial charge >= 0.3 is 5.97 Å². The maximum absolute atomic E-state index is 12.9. The van der Waals surface area contributed by atoms with Gasteiger partial charge in [-0.3, -0.25) is 4.57 Å². The van der Waals surface area contributed by atoms with Gasteiger partial charge in [-0.1, -0.05) is 72.3 Å². The smallest absolute Gasteiger partial charge is 0.338 e. The first-order chi connectivity index (χ1) is 21.5. The van der Waals surface area contributed by atoms with E-state index in [0.717, 1.165) is 11.1 Å². The molecule has 224 valence electrons. The van der Waals surface area contributed by atoms with Gasteiger partial charge in [0.2, 0.25) is 5.28 Å². The molecule has 5 aromatic rings. The third-order valence-electron chi connectivity index (χ3n) is 7.72. The number of nitrogens with zero attached hydrogens (tertiary/aromatic N) is 4. The van der Waals surface area contributed by atoms with Crippen molar-refractivity contribution >= 4 is 46.2 Å². The lowest BCUT2D eigenvalue weighted by atomic mass is 10.00. The molecular formula is C32H27Cl2N5O5. The molecule has 10 nitrogen and oxygen atoms in total. The summed E-state index contributed by atoms with van der Waals surface area (Å²) >= 11 is 12.5. The van der Waals surface area contributed by atoms with E-state index in [0.29, 0.717) is 40.7 Å². The Bertz CT molecular complexity index is 1790. The number of fused-ring (bicyclic) bond motifs is 3. The number of imidazole rings is 1. The van der Waals surface area contributed by atoms with Crippen LogP contribution in [-0.4, -0.2) is 56.5 Å². The summed E-state index contributed by atoms with van der Waals surface area (Å²) in [5.74, 6) is 0.00601. The van der Waals surface area contributed by atoms with Gasteiger partial charge in [-0.15, -0.1) is 0 Å². The van der Waals surface area contributed by atoms with Crippen molar-refractivity contribution in [2.45, 2.75) is 37.2 Å². The normalized spacial score (nSPS) is 22.4. The monoisotopic (exact) mass is 631 g/mol. The highest BCUT2D eigenvalue weighted by atomic mass is 35.5. The number of rotatable bonds is 10. The maximum atomic E-state index is 12.9. The lowest BCUT2D eigenvalue weighted by molar-refractivity contribution is -0.187. The van der Waals surface area contributed by atoms with Gasteiger partial charge < -0.3 is 24.3 Å². The van der Waals surface area contributed by atoms with Gasteiger partial charge in [0.05, 0.1) is 25.1 Å². The summed E-state index contributed by atoms with van der Waals surface area (Å²) in [6.07, 6.45) is -0.154. The highest BCUT2D eigenvalue weighted by molar-refractivity contribution is 6.30. The van der Waals surface area contributed by atoms with Crippen LogP contribution in [0.4, 0.5) is 5.82 Å². The Kier molecular flexibility index (Phi) is 7.92. The molecule has 4 heterocycles. The molecule has 2 fully saturated rings. The molecule has 12 heteroatoms. The fourth-order valence-corrected chi connectivity index (χ4v) is 5.98. The average molecular weight is 633 g/mol. The fourth-order valence-electron chi connectivity index (χ4n) is 5.60. The number of esters is 1. The van der Waals surface area contributed by atoms with Crippen molar-refractivity contribution in [3.8, 4) is 0 Å². The van der Waals surface area contributed by atoms with Crippen molar-refractivity contribution in [2.24, 2.45) is 0 Å². The Hall–Kier alpha value is -4.06. The van der Waals surface area contributed by atoms with Crippen LogP contribution in [0, 0.1) is 0 Å². The van der Waals surface area contributed by atoms with Crippen molar-refractivity contribution in [3.05, 3.63) is 118 Å². The molecule has 0 radical (unpaired) electrons. The Morgan fingerprint density at radius 2 is 1.77 bits per heavy atom. The second-order valence-electron chi connectivity index (χ2n) is 10.7. The molecule has 2 aliphatic heterocycles. The molecule has 0 unspecified atom stereocenters. The van der Waals surface area contributed by atoms with Crippen LogP contribution in [0.3, 0.4) is 0 Å².